The van der Waals surface area contributed by atoms with Crippen molar-refractivity contribution in [3.8, 4) is 5.75 Å². The third-order valence-corrected chi connectivity index (χ3v) is 6.98. The summed E-state index contributed by atoms with van der Waals surface area (Å²) in [4.78, 5) is 30.5. The highest BCUT2D eigenvalue weighted by atomic mass is 16.5. The highest BCUT2D eigenvalue weighted by molar-refractivity contribution is 6.46. The lowest BCUT2D eigenvalue weighted by Crippen LogP contribution is -2.38. The van der Waals surface area contributed by atoms with Gasteiger partial charge < -0.3 is 19.5 Å². The second-order valence-electron chi connectivity index (χ2n) is 10.3. The second kappa shape index (κ2) is 12.4. The van der Waals surface area contributed by atoms with E-state index >= 15 is 0 Å². The zero-order chi connectivity index (χ0) is 26.4. The lowest BCUT2D eigenvalue weighted by atomic mass is 9.95. The van der Waals surface area contributed by atoms with Crippen molar-refractivity contribution in [3.63, 3.8) is 0 Å². The number of hydrogen-bond donors (Lipinski definition) is 1. The number of ketones is 1. The van der Waals surface area contributed by atoms with Gasteiger partial charge in [-0.2, -0.15) is 0 Å². The highest BCUT2D eigenvalue weighted by Gasteiger charge is 2.46. The number of Topliss-reactive ketones (excluding diaryl/α,β-unsaturated/α-hetero) is 1. The average Bonchev–Trinajstić information content (AvgIpc) is 3.14. The molecular weight excluding hydrogens is 468 g/mol. The molecule has 4 rings (SSSR count). The third-order valence-electron chi connectivity index (χ3n) is 6.98. The number of carbonyl (C=O) groups is 2. The molecule has 1 N–H and O–H groups in total. The molecule has 1 unspecified atom stereocenters. The largest absolute Gasteiger partial charge is 0.507 e. The number of carbonyl (C=O) groups excluding carboxylic acids is 2. The van der Waals surface area contributed by atoms with Crippen molar-refractivity contribution in [2.24, 2.45) is 5.92 Å². The summed E-state index contributed by atoms with van der Waals surface area (Å²) < 4.78 is 11.4. The van der Waals surface area contributed by atoms with E-state index in [0.717, 1.165) is 43.6 Å². The molecule has 1 atom stereocenters. The molecule has 2 heterocycles. The summed E-state index contributed by atoms with van der Waals surface area (Å²) in [7, 11) is 0. The number of rotatable bonds is 10. The Morgan fingerprint density at radius 3 is 2.51 bits per heavy atom. The van der Waals surface area contributed by atoms with Crippen LogP contribution in [0, 0.1) is 12.8 Å². The molecule has 0 spiro atoms. The van der Waals surface area contributed by atoms with E-state index in [2.05, 4.69) is 18.7 Å². The fourth-order valence-corrected chi connectivity index (χ4v) is 4.80. The minimum Gasteiger partial charge on any atom is -0.507 e. The maximum absolute atomic E-state index is 13.3. The molecule has 198 valence electrons. The predicted octanol–water partition coefficient (Wildman–Crippen LogP) is 4.56. The molecule has 2 saturated heterocycles. The third kappa shape index (κ3) is 6.59. The van der Waals surface area contributed by atoms with Gasteiger partial charge in [0.2, 0.25) is 0 Å². The monoisotopic (exact) mass is 506 g/mol. The van der Waals surface area contributed by atoms with Crippen molar-refractivity contribution in [2.75, 3.05) is 46.0 Å². The molecule has 2 aliphatic heterocycles. The van der Waals surface area contributed by atoms with Gasteiger partial charge in [0, 0.05) is 31.7 Å². The summed E-state index contributed by atoms with van der Waals surface area (Å²) >= 11 is 0. The van der Waals surface area contributed by atoms with Crippen molar-refractivity contribution in [3.05, 3.63) is 70.8 Å². The Balaban J connectivity index is 1.65. The van der Waals surface area contributed by atoms with Gasteiger partial charge in [-0.1, -0.05) is 55.8 Å². The van der Waals surface area contributed by atoms with Gasteiger partial charge in [0.1, 0.15) is 11.5 Å². The van der Waals surface area contributed by atoms with Gasteiger partial charge in [0.25, 0.3) is 11.7 Å². The Morgan fingerprint density at radius 2 is 1.81 bits per heavy atom. The topological polar surface area (TPSA) is 79.3 Å². The van der Waals surface area contributed by atoms with Crippen molar-refractivity contribution in [2.45, 2.75) is 39.7 Å². The minimum atomic E-state index is -0.681. The number of morpholine rings is 1. The van der Waals surface area contributed by atoms with Crippen LogP contribution in [0.3, 0.4) is 0 Å². The van der Waals surface area contributed by atoms with Crippen LogP contribution >= 0.6 is 0 Å². The summed E-state index contributed by atoms with van der Waals surface area (Å²) in [5.74, 6) is -0.166. The van der Waals surface area contributed by atoms with Gasteiger partial charge in [-0.05, 0) is 43.4 Å². The summed E-state index contributed by atoms with van der Waals surface area (Å²) in [6.07, 6.45) is 1.65. The standard InChI is InChI=1S/C30H38N2O5/c1-21(2)12-17-37-25-7-4-6-24(20-25)27-26(28(33)23-10-8-22(3)9-11-23)29(34)30(35)32(27)14-5-13-31-15-18-36-19-16-31/h4,6-11,20-21,27,33H,5,12-19H2,1-3H3. The first-order chi connectivity index (χ1) is 17.8. The van der Waals surface area contributed by atoms with Crippen molar-refractivity contribution < 1.29 is 24.2 Å². The van der Waals surface area contributed by atoms with Crippen molar-refractivity contribution >= 4 is 17.4 Å². The molecule has 7 heteroatoms. The molecule has 2 aliphatic rings. The van der Waals surface area contributed by atoms with Crippen LogP contribution in [0.2, 0.25) is 0 Å². The average molecular weight is 507 g/mol. The van der Waals surface area contributed by atoms with E-state index in [1.807, 2.05) is 43.3 Å². The maximum Gasteiger partial charge on any atom is 0.295 e. The molecular formula is C30H38N2O5. The molecule has 7 nitrogen and oxygen atoms in total. The maximum atomic E-state index is 13.3. The van der Waals surface area contributed by atoms with Crippen LogP contribution in [-0.4, -0.2) is 72.6 Å². The van der Waals surface area contributed by atoms with E-state index in [0.29, 0.717) is 43.6 Å². The number of aliphatic hydroxyl groups excluding tert-OH is 1. The summed E-state index contributed by atoms with van der Waals surface area (Å²) in [5, 5.41) is 11.3. The molecule has 0 saturated carbocycles. The first-order valence-corrected chi connectivity index (χ1v) is 13.2. The van der Waals surface area contributed by atoms with Crippen LogP contribution in [0.5, 0.6) is 5.75 Å². The molecule has 1 amide bonds. The Kier molecular flexibility index (Phi) is 9.00. The molecule has 0 aliphatic carbocycles. The number of aliphatic hydroxyl groups is 1. The summed E-state index contributed by atoms with van der Waals surface area (Å²) in [5.41, 5.74) is 2.44. The van der Waals surface area contributed by atoms with E-state index in [1.54, 1.807) is 17.0 Å². The Labute approximate surface area is 219 Å². The quantitative estimate of drug-likeness (QED) is 0.289. The number of benzene rings is 2. The molecule has 2 aromatic carbocycles. The van der Waals surface area contributed by atoms with E-state index < -0.39 is 17.7 Å². The minimum absolute atomic E-state index is 0.125. The number of nitrogens with zero attached hydrogens (tertiary/aromatic N) is 2. The van der Waals surface area contributed by atoms with Crippen molar-refractivity contribution in [1.82, 2.24) is 9.80 Å². The number of ether oxygens (including phenoxy) is 2. The first-order valence-electron chi connectivity index (χ1n) is 13.2. The summed E-state index contributed by atoms with van der Waals surface area (Å²) in [6.45, 7) is 11.2. The van der Waals surface area contributed by atoms with Gasteiger partial charge in [-0.3, -0.25) is 14.5 Å². The predicted molar refractivity (Wildman–Crippen MR) is 143 cm³/mol. The van der Waals surface area contributed by atoms with E-state index in [1.165, 1.54) is 0 Å². The van der Waals surface area contributed by atoms with E-state index in [9.17, 15) is 14.7 Å². The molecule has 37 heavy (non-hydrogen) atoms. The smallest absolute Gasteiger partial charge is 0.295 e. The number of amides is 1. The Bertz CT molecular complexity index is 1120. The van der Waals surface area contributed by atoms with Crippen LogP contribution in [-0.2, 0) is 14.3 Å². The molecule has 0 radical (unpaired) electrons. The molecule has 2 aromatic rings. The van der Waals surface area contributed by atoms with Crippen LogP contribution < -0.4 is 4.74 Å². The Morgan fingerprint density at radius 1 is 1.08 bits per heavy atom. The van der Waals surface area contributed by atoms with Crippen LogP contribution in [0.25, 0.3) is 5.76 Å². The fourth-order valence-electron chi connectivity index (χ4n) is 4.80. The lowest BCUT2D eigenvalue weighted by molar-refractivity contribution is -0.140. The van der Waals surface area contributed by atoms with Crippen LogP contribution in [0.15, 0.2) is 54.1 Å². The Hall–Kier alpha value is -3.16. The van der Waals surface area contributed by atoms with Gasteiger partial charge in [0.15, 0.2) is 0 Å². The van der Waals surface area contributed by atoms with E-state index in [4.69, 9.17) is 9.47 Å². The van der Waals surface area contributed by atoms with Crippen LogP contribution in [0.4, 0.5) is 0 Å². The van der Waals surface area contributed by atoms with Gasteiger partial charge >= 0.3 is 0 Å². The summed E-state index contributed by atoms with van der Waals surface area (Å²) in [6, 6.07) is 14.2. The number of hydrogen-bond acceptors (Lipinski definition) is 6. The molecule has 0 bridgehead atoms. The second-order valence-corrected chi connectivity index (χ2v) is 10.3. The zero-order valence-electron chi connectivity index (χ0n) is 22.1. The molecule has 2 fully saturated rings. The van der Waals surface area contributed by atoms with Gasteiger partial charge in [0.05, 0.1) is 31.4 Å². The normalized spacial score (nSPS) is 20.1. The van der Waals surface area contributed by atoms with E-state index in [-0.39, 0.29) is 11.3 Å². The zero-order valence-corrected chi connectivity index (χ0v) is 22.1. The number of aryl methyl sites for hydroxylation is 1. The molecule has 0 aromatic heterocycles. The van der Waals surface area contributed by atoms with Gasteiger partial charge in [-0.25, -0.2) is 0 Å². The van der Waals surface area contributed by atoms with Gasteiger partial charge in [-0.15, -0.1) is 0 Å². The first kappa shape index (κ1) is 26.9. The fraction of sp³-hybridized carbons (Fsp3) is 0.467. The van der Waals surface area contributed by atoms with Crippen molar-refractivity contribution in [1.29, 1.82) is 0 Å². The lowest BCUT2D eigenvalue weighted by Gasteiger charge is -2.29. The number of likely N-dealkylation sites (tertiary alicyclic amines) is 1. The SMILES string of the molecule is Cc1ccc(C(O)=C2C(=O)C(=O)N(CCCN3CCOCC3)C2c2cccc(OCCC(C)C)c2)cc1. The highest BCUT2D eigenvalue weighted by Crippen LogP contribution is 2.40. The van der Waals surface area contributed by atoms with Crippen LogP contribution in [0.1, 0.15) is 49.4 Å².